The molecular weight excluding hydrogens is 328 g/mol. The molecule has 6 nitrogen and oxygen atoms in total. The standard InChI is InChI=1S/C20H24N4O2/c25-18(22-15-17-10-4-7-13-21-17)20(11-5-6-12-20)24-19(26)23-14-16-8-2-1-3-9-16/h1-4,7-10,13H,5-6,11-12,14-15H2,(H,22,25)(H2,23,24,26). The van der Waals surface area contributed by atoms with Gasteiger partial charge in [0.05, 0.1) is 12.2 Å². The number of aromatic nitrogens is 1. The van der Waals surface area contributed by atoms with Gasteiger partial charge in [0, 0.05) is 12.7 Å². The molecule has 1 aliphatic rings. The SMILES string of the molecule is O=C(NCc1ccccc1)NC1(C(=O)NCc2ccccn2)CCCC1. The molecule has 1 fully saturated rings. The summed E-state index contributed by atoms with van der Waals surface area (Å²) >= 11 is 0. The molecule has 0 radical (unpaired) electrons. The van der Waals surface area contributed by atoms with Crippen molar-refractivity contribution in [3.05, 3.63) is 66.0 Å². The van der Waals surface area contributed by atoms with Crippen molar-refractivity contribution >= 4 is 11.9 Å². The van der Waals surface area contributed by atoms with E-state index in [9.17, 15) is 9.59 Å². The minimum absolute atomic E-state index is 0.143. The van der Waals surface area contributed by atoms with Gasteiger partial charge in [0.2, 0.25) is 5.91 Å². The maximum absolute atomic E-state index is 12.8. The maximum atomic E-state index is 12.8. The highest BCUT2D eigenvalue weighted by Crippen LogP contribution is 2.30. The van der Waals surface area contributed by atoms with Crippen molar-refractivity contribution < 1.29 is 9.59 Å². The Morgan fingerprint density at radius 3 is 2.35 bits per heavy atom. The Bertz CT molecular complexity index is 728. The van der Waals surface area contributed by atoms with E-state index in [0.717, 1.165) is 24.1 Å². The zero-order valence-corrected chi connectivity index (χ0v) is 14.7. The Labute approximate surface area is 153 Å². The van der Waals surface area contributed by atoms with Crippen LogP contribution in [0.15, 0.2) is 54.7 Å². The molecule has 1 aliphatic carbocycles. The summed E-state index contributed by atoms with van der Waals surface area (Å²) in [6, 6.07) is 15.0. The third-order valence-corrected chi connectivity index (χ3v) is 4.70. The van der Waals surface area contributed by atoms with Crippen LogP contribution in [0.25, 0.3) is 0 Å². The molecule has 0 saturated heterocycles. The van der Waals surface area contributed by atoms with E-state index in [1.165, 1.54) is 0 Å². The Kier molecular flexibility index (Phi) is 5.84. The van der Waals surface area contributed by atoms with Crippen LogP contribution in [0.3, 0.4) is 0 Å². The number of rotatable bonds is 6. The number of hydrogen-bond donors (Lipinski definition) is 3. The van der Waals surface area contributed by atoms with Crippen molar-refractivity contribution in [2.75, 3.05) is 0 Å². The fraction of sp³-hybridized carbons (Fsp3) is 0.350. The second kappa shape index (κ2) is 8.47. The molecule has 3 N–H and O–H groups in total. The van der Waals surface area contributed by atoms with E-state index in [2.05, 4.69) is 20.9 Å². The average Bonchev–Trinajstić information content (AvgIpc) is 3.16. The number of amides is 3. The summed E-state index contributed by atoms with van der Waals surface area (Å²) in [7, 11) is 0. The van der Waals surface area contributed by atoms with Crippen LogP contribution < -0.4 is 16.0 Å². The van der Waals surface area contributed by atoms with Gasteiger partial charge in [0.25, 0.3) is 0 Å². The van der Waals surface area contributed by atoms with Crippen molar-refractivity contribution in [2.24, 2.45) is 0 Å². The lowest BCUT2D eigenvalue weighted by molar-refractivity contribution is -0.127. The third kappa shape index (κ3) is 4.59. The number of benzene rings is 1. The van der Waals surface area contributed by atoms with Gasteiger partial charge in [0.1, 0.15) is 5.54 Å². The first-order chi connectivity index (χ1) is 12.7. The molecule has 1 heterocycles. The average molecular weight is 352 g/mol. The predicted molar refractivity (Wildman–Crippen MR) is 99.1 cm³/mol. The summed E-state index contributed by atoms with van der Waals surface area (Å²) in [5, 5.41) is 8.67. The molecule has 3 rings (SSSR count). The first kappa shape index (κ1) is 17.9. The highest BCUT2D eigenvalue weighted by molar-refractivity contribution is 5.91. The van der Waals surface area contributed by atoms with Crippen molar-refractivity contribution in [1.82, 2.24) is 20.9 Å². The molecule has 1 aromatic carbocycles. The molecule has 26 heavy (non-hydrogen) atoms. The first-order valence-corrected chi connectivity index (χ1v) is 8.96. The maximum Gasteiger partial charge on any atom is 0.315 e. The minimum Gasteiger partial charge on any atom is -0.348 e. The van der Waals surface area contributed by atoms with E-state index in [4.69, 9.17) is 0 Å². The number of urea groups is 1. The first-order valence-electron chi connectivity index (χ1n) is 8.96. The second-order valence-corrected chi connectivity index (χ2v) is 6.59. The topological polar surface area (TPSA) is 83.1 Å². The van der Waals surface area contributed by atoms with Crippen LogP contribution in [0.1, 0.15) is 36.9 Å². The fourth-order valence-corrected chi connectivity index (χ4v) is 3.27. The fourth-order valence-electron chi connectivity index (χ4n) is 3.27. The Morgan fingerprint density at radius 1 is 0.923 bits per heavy atom. The van der Waals surface area contributed by atoms with E-state index >= 15 is 0 Å². The van der Waals surface area contributed by atoms with Crippen LogP contribution in [0.4, 0.5) is 4.79 Å². The van der Waals surface area contributed by atoms with Gasteiger partial charge in [-0.15, -0.1) is 0 Å². The Morgan fingerprint density at radius 2 is 1.65 bits per heavy atom. The van der Waals surface area contributed by atoms with Gasteiger partial charge in [0.15, 0.2) is 0 Å². The van der Waals surface area contributed by atoms with Crippen molar-refractivity contribution in [2.45, 2.75) is 44.3 Å². The van der Waals surface area contributed by atoms with E-state index in [0.29, 0.717) is 25.9 Å². The summed E-state index contributed by atoms with van der Waals surface area (Å²) in [6.07, 6.45) is 4.85. The molecule has 3 amide bonds. The summed E-state index contributed by atoms with van der Waals surface area (Å²) in [5.41, 5.74) is 0.973. The zero-order chi connectivity index (χ0) is 18.2. The van der Waals surface area contributed by atoms with E-state index in [1.54, 1.807) is 6.20 Å². The largest absolute Gasteiger partial charge is 0.348 e. The van der Waals surface area contributed by atoms with Crippen LogP contribution in [-0.4, -0.2) is 22.5 Å². The van der Waals surface area contributed by atoms with Crippen LogP contribution in [-0.2, 0) is 17.9 Å². The second-order valence-electron chi connectivity index (χ2n) is 6.59. The molecule has 2 aromatic rings. The van der Waals surface area contributed by atoms with Gasteiger partial charge >= 0.3 is 6.03 Å². The third-order valence-electron chi connectivity index (χ3n) is 4.70. The smallest absolute Gasteiger partial charge is 0.315 e. The molecule has 0 unspecified atom stereocenters. The molecule has 0 aliphatic heterocycles. The van der Waals surface area contributed by atoms with Gasteiger partial charge in [-0.05, 0) is 30.5 Å². The lowest BCUT2D eigenvalue weighted by Crippen LogP contribution is -2.59. The van der Waals surface area contributed by atoms with Crippen molar-refractivity contribution in [3.63, 3.8) is 0 Å². The highest BCUT2D eigenvalue weighted by Gasteiger charge is 2.42. The summed E-state index contributed by atoms with van der Waals surface area (Å²) in [5.74, 6) is -0.143. The van der Waals surface area contributed by atoms with Crippen LogP contribution >= 0.6 is 0 Å². The molecule has 0 bridgehead atoms. The monoisotopic (exact) mass is 352 g/mol. The summed E-state index contributed by atoms with van der Waals surface area (Å²) < 4.78 is 0. The number of hydrogen-bond acceptors (Lipinski definition) is 3. The minimum atomic E-state index is -0.838. The molecule has 6 heteroatoms. The number of nitrogens with one attached hydrogen (secondary N) is 3. The number of nitrogens with zero attached hydrogens (tertiary/aromatic N) is 1. The number of carbonyl (C=O) groups is 2. The highest BCUT2D eigenvalue weighted by atomic mass is 16.2. The van der Waals surface area contributed by atoms with E-state index < -0.39 is 5.54 Å². The van der Waals surface area contributed by atoms with Crippen LogP contribution in [0.5, 0.6) is 0 Å². The molecule has 136 valence electrons. The molecule has 0 spiro atoms. The molecule has 0 atom stereocenters. The van der Waals surface area contributed by atoms with Gasteiger partial charge in [-0.2, -0.15) is 0 Å². The number of pyridine rings is 1. The summed E-state index contributed by atoms with van der Waals surface area (Å²) in [4.78, 5) is 29.3. The van der Waals surface area contributed by atoms with Crippen LogP contribution in [0, 0.1) is 0 Å². The van der Waals surface area contributed by atoms with Crippen molar-refractivity contribution in [1.29, 1.82) is 0 Å². The van der Waals surface area contributed by atoms with E-state index in [-0.39, 0.29) is 11.9 Å². The van der Waals surface area contributed by atoms with Gasteiger partial charge in [-0.25, -0.2) is 4.79 Å². The lowest BCUT2D eigenvalue weighted by atomic mass is 9.96. The molecular formula is C20H24N4O2. The normalized spacial score (nSPS) is 15.2. The lowest BCUT2D eigenvalue weighted by Gasteiger charge is -2.29. The Hall–Kier alpha value is -2.89. The Balaban J connectivity index is 1.56. The molecule has 1 aromatic heterocycles. The quantitative estimate of drug-likeness (QED) is 0.747. The van der Waals surface area contributed by atoms with Gasteiger partial charge in [-0.1, -0.05) is 49.2 Å². The molecule has 1 saturated carbocycles. The summed E-state index contributed by atoms with van der Waals surface area (Å²) in [6.45, 7) is 0.785. The van der Waals surface area contributed by atoms with Gasteiger partial charge in [-0.3, -0.25) is 9.78 Å². The van der Waals surface area contributed by atoms with Crippen molar-refractivity contribution in [3.8, 4) is 0 Å². The number of carbonyl (C=O) groups excluding carboxylic acids is 2. The zero-order valence-electron chi connectivity index (χ0n) is 14.7. The van der Waals surface area contributed by atoms with Gasteiger partial charge < -0.3 is 16.0 Å². The van der Waals surface area contributed by atoms with Crippen LogP contribution in [0.2, 0.25) is 0 Å². The van der Waals surface area contributed by atoms with E-state index in [1.807, 2.05) is 48.5 Å². The predicted octanol–water partition coefficient (Wildman–Crippen LogP) is 2.51.